The Labute approximate surface area is 106 Å². The zero-order valence-electron chi connectivity index (χ0n) is 11.4. The average molecular weight is 256 g/mol. The highest BCUT2D eigenvalue weighted by Crippen LogP contribution is 2.14. The molecule has 0 saturated heterocycles. The molecule has 0 aromatic carbocycles. The Kier molecular flexibility index (Phi) is 3.95. The highest BCUT2D eigenvalue weighted by atomic mass is 16.6. The van der Waals surface area contributed by atoms with E-state index in [0.717, 1.165) is 0 Å². The van der Waals surface area contributed by atoms with Crippen LogP contribution in [-0.2, 0) is 16.9 Å². The first-order chi connectivity index (χ1) is 8.08. The molecular weight excluding hydrogens is 236 g/mol. The van der Waals surface area contributed by atoms with E-state index in [4.69, 9.17) is 4.74 Å². The summed E-state index contributed by atoms with van der Waals surface area (Å²) in [5.41, 5.74) is -1.65. The second-order valence-corrected chi connectivity index (χ2v) is 5.52. The van der Waals surface area contributed by atoms with Crippen molar-refractivity contribution in [3.8, 4) is 0 Å². The second-order valence-electron chi connectivity index (χ2n) is 5.52. The zero-order valence-corrected chi connectivity index (χ0v) is 11.4. The van der Waals surface area contributed by atoms with E-state index in [1.165, 1.54) is 0 Å². The second kappa shape index (κ2) is 4.93. The van der Waals surface area contributed by atoms with Crippen molar-refractivity contribution in [1.29, 1.82) is 0 Å². The van der Waals surface area contributed by atoms with Gasteiger partial charge in [0.1, 0.15) is 17.0 Å². The van der Waals surface area contributed by atoms with Crippen molar-refractivity contribution in [3.63, 3.8) is 0 Å². The van der Waals surface area contributed by atoms with Gasteiger partial charge >= 0.3 is 6.09 Å². The third-order valence-corrected chi connectivity index (χ3v) is 1.88. The molecule has 0 unspecified atom stereocenters. The highest BCUT2D eigenvalue weighted by molar-refractivity contribution is 5.67. The van der Waals surface area contributed by atoms with Crippen molar-refractivity contribution >= 4 is 6.09 Å². The Morgan fingerprint density at radius 1 is 1.39 bits per heavy atom. The van der Waals surface area contributed by atoms with Crippen LogP contribution >= 0.6 is 0 Å². The molecule has 0 aliphatic rings. The molecular formula is C11H20N4O3. The third-order valence-electron chi connectivity index (χ3n) is 1.88. The number of carbonyl (C=O) groups excluding carboxylic acids is 1. The van der Waals surface area contributed by atoms with E-state index in [1.54, 1.807) is 34.6 Å². The van der Waals surface area contributed by atoms with Crippen molar-refractivity contribution in [3.05, 3.63) is 11.6 Å². The minimum atomic E-state index is -1.11. The molecule has 0 saturated carbocycles. The van der Waals surface area contributed by atoms with Crippen LogP contribution in [0.4, 0.5) is 4.79 Å². The number of nitrogens with zero attached hydrogens (tertiary/aromatic N) is 2. The summed E-state index contributed by atoms with van der Waals surface area (Å²) in [6.07, 6.45) is -0.524. The van der Waals surface area contributed by atoms with Gasteiger partial charge in [-0.15, -0.1) is 0 Å². The number of aliphatic hydroxyl groups is 1. The van der Waals surface area contributed by atoms with Gasteiger partial charge in [-0.3, -0.25) is 5.10 Å². The Hall–Kier alpha value is -1.63. The maximum atomic E-state index is 11.4. The number of aromatic amines is 1. The molecule has 1 heterocycles. The Balaban J connectivity index is 2.50. The van der Waals surface area contributed by atoms with E-state index >= 15 is 0 Å². The summed E-state index contributed by atoms with van der Waals surface area (Å²) >= 11 is 0. The first-order valence-corrected chi connectivity index (χ1v) is 5.69. The van der Waals surface area contributed by atoms with Crippen LogP contribution in [0.3, 0.4) is 0 Å². The molecule has 7 heteroatoms. The van der Waals surface area contributed by atoms with Gasteiger partial charge in [-0.2, -0.15) is 5.10 Å². The van der Waals surface area contributed by atoms with Gasteiger partial charge in [-0.1, -0.05) is 0 Å². The molecule has 1 amide bonds. The topological polar surface area (TPSA) is 100 Å². The summed E-state index contributed by atoms with van der Waals surface area (Å²) in [6, 6.07) is 0. The summed E-state index contributed by atoms with van der Waals surface area (Å²) < 4.78 is 5.07. The van der Waals surface area contributed by atoms with Gasteiger partial charge in [0.2, 0.25) is 0 Å². The molecule has 1 aromatic heterocycles. The van der Waals surface area contributed by atoms with Gasteiger partial charge in [-0.05, 0) is 34.6 Å². The van der Waals surface area contributed by atoms with E-state index in [0.29, 0.717) is 5.82 Å². The number of nitrogens with one attached hydrogen (secondary N) is 2. The number of ether oxygens (including phenoxy) is 1. The van der Waals surface area contributed by atoms with Gasteiger partial charge in [0.15, 0.2) is 5.82 Å². The van der Waals surface area contributed by atoms with E-state index in [1.807, 2.05) is 0 Å². The molecule has 0 fully saturated rings. The molecule has 0 atom stereocenters. The molecule has 7 nitrogen and oxygen atoms in total. The maximum Gasteiger partial charge on any atom is 0.408 e. The van der Waals surface area contributed by atoms with Crippen LogP contribution in [-0.4, -0.2) is 32.0 Å². The molecule has 0 aliphatic carbocycles. The Morgan fingerprint density at radius 3 is 2.44 bits per heavy atom. The molecule has 0 bridgehead atoms. The van der Waals surface area contributed by atoms with E-state index < -0.39 is 17.3 Å². The first kappa shape index (κ1) is 14.4. The summed E-state index contributed by atoms with van der Waals surface area (Å²) in [4.78, 5) is 15.5. The van der Waals surface area contributed by atoms with Crippen molar-refractivity contribution in [2.75, 3.05) is 0 Å². The predicted molar refractivity (Wildman–Crippen MR) is 64.7 cm³/mol. The van der Waals surface area contributed by atoms with Crippen LogP contribution in [0, 0.1) is 0 Å². The van der Waals surface area contributed by atoms with Gasteiger partial charge in [0.05, 0.1) is 6.54 Å². The minimum absolute atomic E-state index is 0.165. The number of amides is 1. The number of H-pyrrole nitrogens is 1. The van der Waals surface area contributed by atoms with Crippen LogP contribution in [0.2, 0.25) is 0 Å². The van der Waals surface area contributed by atoms with E-state index in [9.17, 15) is 9.90 Å². The summed E-state index contributed by atoms with van der Waals surface area (Å²) in [5.74, 6) is 0.737. The lowest BCUT2D eigenvalue weighted by molar-refractivity contribution is 0.0522. The van der Waals surface area contributed by atoms with Gasteiger partial charge < -0.3 is 15.2 Å². The van der Waals surface area contributed by atoms with E-state index in [2.05, 4.69) is 20.5 Å². The van der Waals surface area contributed by atoms with Crippen LogP contribution in [0.1, 0.15) is 46.3 Å². The highest BCUT2D eigenvalue weighted by Gasteiger charge is 2.22. The standard InChI is InChI=1S/C11H20N4O3/c1-10(2,3)18-9(16)12-6-7-13-8(15-14-7)11(4,5)17/h17H,6H2,1-5H3,(H,12,16)(H,13,14,15). The average Bonchev–Trinajstić information content (AvgIpc) is 2.59. The molecule has 0 aliphatic heterocycles. The SMILES string of the molecule is CC(C)(C)OC(=O)NCc1nc(C(C)(C)O)n[nH]1. The predicted octanol–water partition coefficient (Wildman–Crippen LogP) is 1.06. The normalized spacial score (nSPS) is 12.3. The quantitative estimate of drug-likeness (QED) is 0.750. The number of aromatic nitrogens is 3. The van der Waals surface area contributed by atoms with Crippen LogP contribution < -0.4 is 5.32 Å². The molecule has 18 heavy (non-hydrogen) atoms. The van der Waals surface area contributed by atoms with Crippen LogP contribution in [0.15, 0.2) is 0 Å². The number of rotatable bonds is 3. The smallest absolute Gasteiger partial charge is 0.408 e. The lowest BCUT2D eigenvalue weighted by Gasteiger charge is -2.19. The lowest BCUT2D eigenvalue weighted by atomic mass is 10.1. The molecule has 0 spiro atoms. The van der Waals surface area contributed by atoms with Crippen LogP contribution in [0.25, 0.3) is 0 Å². The summed E-state index contributed by atoms with van der Waals surface area (Å²) in [5, 5.41) is 18.7. The molecule has 102 valence electrons. The largest absolute Gasteiger partial charge is 0.444 e. The Morgan fingerprint density at radius 2 is 2.00 bits per heavy atom. The van der Waals surface area contributed by atoms with Gasteiger partial charge in [0, 0.05) is 0 Å². The molecule has 1 aromatic rings. The third kappa shape index (κ3) is 4.70. The van der Waals surface area contributed by atoms with Crippen molar-refractivity contribution in [2.24, 2.45) is 0 Å². The minimum Gasteiger partial charge on any atom is -0.444 e. The first-order valence-electron chi connectivity index (χ1n) is 5.69. The van der Waals surface area contributed by atoms with E-state index in [-0.39, 0.29) is 12.4 Å². The van der Waals surface area contributed by atoms with Crippen LogP contribution in [0.5, 0.6) is 0 Å². The fraction of sp³-hybridized carbons (Fsp3) is 0.727. The number of hydrogen-bond acceptors (Lipinski definition) is 5. The fourth-order valence-electron chi connectivity index (χ4n) is 1.12. The van der Waals surface area contributed by atoms with Gasteiger partial charge in [0.25, 0.3) is 0 Å². The lowest BCUT2D eigenvalue weighted by Crippen LogP contribution is -2.32. The molecule has 3 N–H and O–H groups in total. The van der Waals surface area contributed by atoms with Gasteiger partial charge in [-0.25, -0.2) is 9.78 Å². The monoisotopic (exact) mass is 256 g/mol. The molecule has 1 rings (SSSR count). The number of alkyl carbamates (subject to hydrolysis) is 1. The number of carbonyl (C=O) groups is 1. The zero-order chi connectivity index (χ0) is 14.0. The van der Waals surface area contributed by atoms with Crippen molar-refractivity contribution in [1.82, 2.24) is 20.5 Å². The summed E-state index contributed by atoms with van der Waals surface area (Å²) in [6.45, 7) is 8.69. The molecule has 0 radical (unpaired) electrons. The van der Waals surface area contributed by atoms with Crippen molar-refractivity contribution < 1.29 is 14.6 Å². The maximum absolute atomic E-state index is 11.4. The Bertz CT molecular complexity index is 415. The van der Waals surface area contributed by atoms with Crippen molar-refractivity contribution in [2.45, 2.75) is 52.4 Å². The fourth-order valence-corrected chi connectivity index (χ4v) is 1.12. The summed E-state index contributed by atoms with van der Waals surface area (Å²) in [7, 11) is 0. The number of hydrogen-bond donors (Lipinski definition) is 3.